The van der Waals surface area contributed by atoms with Gasteiger partial charge in [0.15, 0.2) is 0 Å². The first kappa shape index (κ1) is 16.5. The molecular formula is C17H17FN2O3. The third kappa shape index (κ3) is 5.10. The van der Waals surface area contributed by atoms with E-state index < -0.39 is 0 Å². The van der Waals surface area contributed by atoms with Gasteiger partial charge in [-0.1, -0.05) is 0 Å². The van der Waals surface area contributed by atoms with Gasteiger partial charge in [0.1, 0.15) is 11.6 Å². The molecule has 2 aromatic carbocycles. The van der Waals surface area contributed by atoms with Gasteiger partial charge in [-0.2, -0.15) is 0 Å². The Morgan fingerprint density at radius 3 is 2.30 bits per heavy atom. The molecule has 0 aliphatic rings. The van der Waals surface area contributed by atoms with E-state index in [9.17, 15) is 14.0 Å². The highest BCUT2D eigenvalue weighted by molar-refractivity contribution is 5.95. The van der Waals surface area contributed by atoms with E-state index in [-0.39, 0.29) is 30.6 Å². The van der Waals surface area contributed by atoms with Crippen molar-refractivity contribution in [3.05, 3.63) is 59.9 Å². The van der Waals surface area contributed by atoms with Gasteiger partial charge < -0.3 is 15.4 Å². The zero-order valence-corrected chi connectivity index (χ0v) is 12.6. The normalized spacial score (nSPS) is 10.0. The number of methoxy groups -OCH3 is 1. The number of carbonyl (C=O) groups excluding carboxylic acids is 2. The zero-order chi connectivity index (χ0) is 16.7. The van der Waals surface area contributed by atoms with Crippen LogP contribution in [-0.2, 0) is 4.79 Å². The highest BCUT2D eigenvalue weighted by Gasteiger charge is 2.07. The molecular weight excluding hydrogens is 299 g/mol. The fourth-order valence-corrected chi connectivity index (χ4v) is 1.89. The molecule has 0 saturated heterocycles. The monoisotopic (exact) mass is 316 g/mol. The highest BCUT2D eigenvalue weighted by atomic mass is 19.1. The topological polar surface area (TPSA) is 67.4 Å². The van der Waals surface area contributed by atoms with Crippen LogP contribution in [0.5, 0.6) is 5.75 Å². The molecule has 0 bridgehead atoms. The minimum atomic E-state index is -0.366. The summed E-state index contributed by atoms with van der Waals surface area (Å²) >= 11 is 0. The number of nitrogens with one attached hydrogen (secondary N) is 2. The molecule has 5 nitrogen and oxygen atoms in total. The van der Waals surface area contributed by atoms with Crippen LogP contribution in [0.25, 0.3) is 0 Å². The van der Waals surface area contributed by atoms with Gasteiger partial charge in [0, 0.05) is 24.2 Å². The van der Waals surface area contributed by atoms with Crippen LogP contribution in [0.2, 0.25) is 0 Å². The van der Waals surface area contributed by atoms with Gasteiger partial charge >= 0.3 is 0 Å². The van der Waals surface area contributed by atoms with Crippen molar-refractivity contribution in [1.29, 1.82) is 0 Å². The van der Waals surface area contributed by atoms with Crippen LogP contribution in [0.15, 0.2) is 48.5 Å². The van der Waals surface area contributed by atoms with E-state index in [0.717, 1.165) is 0 Å². The summed E-state index contributed by atoms with van der Waals surface area (Å²) in [7, 11) is 1.55. The summed E-state index contributed by atoms with van der Waals surface area (Å²) in [5.74, 6) is -0.219. The first-order chi connectivity index (χ1) is 11.1. The maximum absolute atomic E-state index is 12.8. The lowest BCUT2D eigenvalue weighted by Crippen LogP contribution is -2.27. The molecule has 0 radical (unpaired) electrons. The summed E-state index contributed by atoms with van der Waals surface area (Å²) in [6.07, 6.45) is 0.124. The molecule has 0 atom stereocenters. The molecule has 0 fully saturated rings. The summed E-state index contributed by atoms with van der Waals surface area (Å²) < 4.78 is 17.8. The molecule has 0 spiro atoms. The van der Waals surface area contributed by atoms with Gasteiger partial charge in [-0.05, 0) is 48.5 Å². The van der Waals surface area contributed by atoms with Crippen LogP contribution in [0.1, 0.15) is 16.8 Å². The summed E-state index contributed by atoms with van der Waals surface area (Å²) in [5.41, 5.74) is 1.00. The van der Waals surface area contributed by atoms with Crippen molar-refractivity contribution < 1.29 is 18.7 Å². The average Bonchev–Trinajstić information content (AvgIpc) is 2.57. The Morgan fingerprint density at radius 1 is 1.04 bits per heavy atom. The molecule has 2 amide bonds. The van der Waals surface area contributed by atoms with Crippen molar-refractivity contribution in [2.45, 2.75) is 6.42 Å². The minimum Gasteiger partial charge on any atom is -0.497 e. The van der Waals surface area contributed by atoms with Gasteiger partial charge in [-0.15, -0.1) is 0 Å². The number of ether oxygens (including phenoxy) is 1. The Kier molecular flexibility index (Phi) is 5.68. The van der Waals surface area contributed by atoms with Gasteiger partial charge in [0.05, 0.1) is 7.11 Å². The molecule has 2 N–H and O–H groups in total. The molecule has 0 unspecified atom stereocenters. The van der Waals surface area contributed by atoms with Crippen LogP contribution in [0, 0.1) is 5.82 Å². The molecule has 0 aliphatic carbocycles. The Bertz CT molecular complexity index is 669. The van der Waals surface area contributed by atoms with Crippen LogP contribution in [0.3, 0.4) is 0 Å². The third-order valence-corrected chi connectivity index (χ3v) is 3.12. The number of rotatable bonds is 6. The van der Waals surface area contributed by atoms with Gasteiger partial charge in [0.25, 0.3) is 5.91 Å². The summed E-state index contributed by atoms with van der Waals surface area (Å²) in [5, 5.41) is 5.29. The van der Waals surface area contributed by atoms with Crippen molar-refractivity contribution >= 4 is 17.5 Å². The van der Waals surface area contributed by atoms with Crippen LogP contribution >= 0.6 is 0 Å². The molecule has 0 aromatic heterocycles. The SMILES string of the molecule is COc1ccc(C(=O)NCCC(=O)Nc2ccc(F)cc2)cc1. The van der Waals surface area contributed by atoms with Crippen molar-refractivity contribution in [3.63, 3.8) is 0 Å². The molecule has 0 saturated carbocycles. The molecule has 6 heteroatoms. The average molecular weight is 316 g/mol. The number of halogens is 1. The Hall–Kier alpha value is -2.89. The summed E-state index contributed by atoms with van der Waals surface area (Å²) in [6.45, 7) is 0.206. The van der Waals surface area contributed by atoms with E-state index in [1.807, 2.05) is 0 Å². The molecule has 2 aromatic rings. The molecule has 23 heavy (non-hydrogen) atoms. The van der Waals surface area contributed by atoms with E-state index in [1.54, 1.807) is 31.4 Å². The molecule has 2 rings (SSSR count). The Labute approximate surface area is 133 Å². The Morgan fingerprint density at radius 2 is 1.70 bits per heavy atom. The number of amides is 2. The standard InChI is InChI=1S/C17H17FN2O3/c1-23-15-8-2-12(3-9-15)17(22)19-11-10-16(21)20-14-6-4-13(18)5-7-14/h2-9H,10-11H2,1H3,(H,19,22)(H,20,21). The maximum atomic E-state index is 12.8. The number of hydrogen-bond donors (Lipinski definition) is 2. The quantitative estimate of drug-likeness (QED) is 0.861. The fraction of sp³-hybridized carbons (Fsp3) is 0.176. The van der Waals surface area contributed by atoms with E-state index in [1.165, 1.54) is 24.3 Å². The largest absolute Gasteiger partial charge is 0.497 e. The highest BCUT2D eigenvalue weighted by Crippen LogP contribution is 2.11. The second kappa shape index (κ2) is 7.93. The summed E-state index contributed by atoms with van der Waals surface area (Å²) in [4.78, 5) is 23.6. The predicted octanol–water partition coefficient (Wildman–Crippen LogP) is 2.59. The maximum Gasteiger partial charge on any atom is 0.251 e. The van der Waals surface area contributed by atoms with E-state index >= 15 is 0 Å². The van der Waals surface area contributed by atoms with E-state index in [4.69, 9.17) is 4.74 Å². The van der Waals surface area contributed by atoms with Crippen molar-refractivity contribution in [2.24, 2.45) is 0 Å². The number of carbonyl (C=O) groups is 2. The van der Waals surface area contributed by atoms with E-state index in [0.29, 0.717) is 17.0 Å². The van der Waals surface area contributed by atoms with Crippen molar-refractivity contribution in [3.8, 4) is 5.75 Å². The second-order valence-corrected chi connectivity index (χ2v) is 4.79. The first-order valence-corrected chi connectivity index (χ1v) is 7.06. The van der Waals surface area contributed by atoms with Crippen molar-refractivity contribution in [2.75, 3.05) is 19.0 Å². The van der Waals surface area contributed by atoms with Crippen LogP contribution < -0.4 is 15.4 Å². The number of anilines is 1. The van der Waals surface area contributed by atoms with Gasteiger partial charge in [-0.25, -0.2) is 4.39 Å². The van der Waals surface area contributed by atoms with Crippen LogP contribution in [0.4, 0.5) is 10.1 Å². The van der Waals surface area contributed by atoms with Gasteiger partial charge in [-0.3, -0.25) is 9.59 Å². The Balaban J connectivity index is 1.76. The third-order valence-electron chi connectivity index (χ3n) is 3.12. The van der Waals surface area contributed by atoms with Crippen molar-refractivity contribution in [1.82, 2.24) is 5.32 Å². The minimum absolute atomic E-state index is 0.124. The molecule has 0 heterocycles. The smallest absolute Gasteiger partial charge is 0.251 e. The number of hydrogen-bond acceptors (Lipinski definition) is 3. The second-order valence-electron chi connectivity index (χ2n) is 4.79. The zero-order valence-electron chi connectivity index (χ0n) is 12.6. The molecule has 0 aliphatic heterocycles. The van der Waals surface area contributed by atoms with E-state index in [2.05, 4.69) is 10.6 Å². The fourth-order valence-electron chi connectivity index (χ4n) is 1.89. The number of benzene rings is 2. The summed E-state index contributed by atoms with van der Waals surface area (Å²) in [6, 6.07) is 12.2. The lowest BCUT2D eigenvalue weighted by Gasteiger charge is -2.07. The lowest BCUT2D eigenvalue weighted by molar-refractivity contribution is -0.116. The van der Waals surface area contributed by atoms with Crippen LogP contribution in [-0.4, -0.2) is 25.5 Å². The lowest BCUT2D eigenvalue weighted by atomic mass is 10.2. The predicted molar refractivity (Wildman–Crippen MR) is 85.0 cm³/mol. The van der Waals surface area contributed by atoms with Gasteiger partial charge in [0.2, 0.25) is 5.91 Å². The molecule has 120 valence electrons. The first-order valence-electron chi connectivity index (χ1n) is 7.06.